The number of methoxy groups -OCH3 is 2. The summed E-state index contributed by atoms with van der Waals surface area (Å²) in [5, 5.41) is 2.46. The molecule has 0 spiro atoms. The lowest BCUT2D eigenvalue weighted by Gasteiger charge is -2.26. The molecule has 29 heavy (non-hydrogen) atoms. The summed E-state index contributed by atoms with van der Waals surface area (Å²) in [5.41, 5.74) is 2.14. The van der Waals surface area contributed by atoms with Gasteiger partial charge in [-0.2, -0.15) is 0 Å². The third-order valence-electron chi connectivity index (χ3n) is 5.12. The van der Waals surface area contributed by atoms with Crippen molar-refractivity contribution in [3.05, 3.63) is 64.9 Å². The van der Waals surface area contributed by atoms with Crippen molar-refractivity contribution in [3.63, 3.8) is 0 Å². The summed E-state index contributed by atoms with van der Waals surface area (Å²) in [6.07, 6.45) is 1.76. The largest absolute Gasteiger partial charge is 0.497 e. The first-order valence-corrected chi connectivity index (χ1v) is 10.2. The molecule has 2 aromatic carbocycles. The molecule has 0 saturated carbocycles. The van der Waals surface area contributed by atoms with Gasteiger partial charge in [0.1, 0.15) is 28.0 Å². The molecule has 0 N–H and O–H groups in total. The highest BCUT2D eigenvalue weighted by Crippen LogP contribution is 2.39. The van der Waals surface area contributed by atoms with E-state index < -0.39 is 0 Å². The lowest BCUT2D eigenvalue weighted by molar-refractivity contribution is 0.0729. The Morgan fingerprint density at radius 1 is 1.17 bits per heavy atom. The van der Waals surface area contributed by atoms with Crippen LogP contribution in [0.3, 0.4) is 0 Å². The van der Waals surface area contributed by atoms with Gasteiger partial charge in [-0.25, -0.2) is 9.37 Å². The third-order valence-corrected chi connectivity index (χ3v) is 6.02. The number of aromatic nitrogens is 1. The second kappa shape index (κ2) is 8.21. The highest BCUT2D eigenvalue weighted by Gasteiger charge is 2.33. The Kier molecular flexibility index (Phi) is 5.49. The second-order valence-electron chi connectivity index (χ2n) is 6.81. The predicted octanol–water partition coefficient (Wildman–Crippen LogP) is 4.94. The number of amides is 1. The molecular formula is C22H21FN2O3S. The summed E-state index contributed by atoms with van der Waals surface area (Å²) in [6, 6.07) is 11.7. The number of hydrogen-bond donors (Lipinski definition) is 0. The number of thiazole rings is 1. The van der Waals surface area contributed by atoms with E-state index in [0.29, 0.717) is 17.2 Å². The van der Waals surface area contributed by atoms with Crippen molar-refractivity contribution in [1.29, 1.82) is 0 Å². The molecule has 1 aromatic heterocycles. The Morgan fingerprint density at radius 2 is 1.97 bits per heavy atom. The molecule has 0 aliphatic carbocycles. The molecule has 1 amide bonds. The van der Waals surface area contributed by atoms with Crippen LogP contribution in [-0.2, 0) is 0 Å². The zero-order valence-electron chi connectivity index (χ0n) is 16.2. The Hall–Kier alpha value is -2.93. The van der Waals surface area contributed by atoms with Crippen molar-refractivity contribution >= 4 is 17.2 Å². The first-order chi connectivity index (χ1) is 14.1. The van der Waals surface area contributed by atoms with Crippen molar-refractivity contribution in [3.8, 4) is 22.1 Å². The van der Waals surface area contributed by atoms with Crippen molar-refractivity contribution in [2.24, 2.45) is 0 Å². The predicted molar refractivity (Wildman–Crippen MR) is 110 cm³/mol. The Bertz CT molecular complexity index is 1020. The minimum absolute atomic E-state index is 0.0940. The average molecular weight is 412 g/mol. The van der Waals surface area contributed by atoms with Gasteiger partial charge < -0.3 is 14.4 Å². The monoisotopic (exact) mass is 412 g/mol. The van der Waals surface area contributed by atoms with Crippen LogP contribution in [-0.4, -0.2) is 36.6 Å². The highest BCUT2D eigenvalue weighted by molar-refractivity contribution is 7.13. The fourth-order valence-corrected chi connectivity index (χ4v) is 4.48. The minimum atomic E-state index is -0.297. The van der Waals surface area contributed by atoms with Gasteiger partial charge in [0, 0.05) is 23.1 Å². The smallest absolute Gasteiger partial charge is 0.273 e. The quantitative estimate of drug-likeness (QED) is 0.595. The van der Waals surface area contributed by atoms with Crippen molar-refractivity contribution in [2.75, 3.05) is 20.8 Å². The summed E-state index contributed by atoms with van der Waals surface area (Å²) in [7, 11) is 3.25. The second-order valence-corrected chi connectivity index (χ2v) is 7.67. The molecule has 2 heterocycles. The van der Waals surface area contributed by atoms with E-state index in [9.17, 15) is 9.18 Å². The minimum Gasteiger partial charge on any atom is -0.497 e. The first kappa shape index (κ1) is 19.4. The molecule has 150 valence electrons. The summed E-state index contributed by atoms with van der Waals surface area (Å²) in [5.74, 6) is 1.06. The van der Waals surface area contributed by atoms with E-state index in [1.54, 1.807) is 31.7 Å². The number of benzene rings is 2. The SMILES string of the molecule is COc1ccc(OC)c(C2CCCN2C(=O)c2csc(-c3ccc(F)cc3)n2)c1. The molecule has 5 nitrogen and oxygen atoms in total. The Labute approximate surface area is 172 Å². The molecule has 4 rings (SSSR count). The van der Waals surface area contributed by atoms with Gasteiger partial charge in [0.15, 0.2) is 0 Å². The van der Waals surface area contributed by atoms with Crippen LogP contribution in [0.4, 0.5) is 4.39 Å². The van der Waals surface area contributed by atoms with Crippen LogP contribution in [0.2, 0.25) is 0 Å². The number of rotatable bonds is 5. The van der Waals surface area contributed by atoms with Gasteiger partial charge >= 0.3 is 0 Å². The van der Waals surface area contributed by atoms with Gasteiger partial charge in [0.05, 0.1) is 20.3 Å². The first-order valence-electron chi connectivity index (χ1n) is 9.35. The van der Waals surface area contributed by atoms with Crippen LogP contribution in [0.25, 0.3) is 10.6 Å². The number of hydrogen-bond acceptors (Lipinski definition) is 5. The van der Waals surface area contributed by atoms with Crippen LogP contribution in [0.1, 0.15) is 34.9 Å². The summed E-state index contributed by atoms with van der Waals surface area (Å²) in [6.45, 7) is 0.660. The van der Waals surface area contributed by atoms with E-state index >= 15 is 0 Å². The fourth-order valence-electron chi connectivity index (χ4n) is 3.68. The normalized spacial score (nSPS) is 16.1. The van der Waals surface area contributed by atoms with E-state index in [2.05, 4.69) is 4.98 Å². The molecule has 1 aliphatic heterocycles. The molecule has 0 radical (unpaired) electrons. The Balaban J connectivity index is 1.61. The number of carbonyl (C=O) groups excluding carboxylic acids is 1. The van der Waals surface area contributed by atoms with E-state index in [1.165, 1.54) is 23.5 Å². The molecule has 1 saturated heterocycles. The maximum absolute atomic E-state index is 13.2. The summed E-state index contributed by atoms with van der Waals surface area (Å²) < 4.78 is 24.0. The Morgan fingerprint density at radius 3 is 2.69 bits per heavy atom. The zero-order valence-corrected chi connectivity index (χ0v) is 17.0. The molecular weight excluding hydrogens is 391 g/mol. The molecule has 1 atom stereocenters. The van der Waals surface area contributed by atoms with Crippen molar-refractivity contribution in [1.82, 2.24) is 9.88 Å². The molecule has 1 fully saturated rings. The highest BCUT2D eigenvalue weighted by atomic mass is 32.1. The van der Waals surface area contributed by atoms with E-state index in [4.69, 9.17) is 9.47 Å². The average Bonchev–Trinajstić information content (AvgIpc) is 3.43. The molecule has 3 aromatic rings. The maximum Gasteiger partial charge on any atom is 0.273 e. The summed E-state index contributed by atoms with van der Waals surface area (Å²) in [4.78, 5) is 19.6. The zero-order chi connectivity index (χ0) is 20.4. The fraction of sp³-hybridized carbons (Fsp3) is 0.273. The van der Waals surface area contributed by atoms with Gasteiger partial charge in [-0.15, -0.1) is 11.3 Å². The van der Waals surface area contributed by atoms with Gasteiger partial charge in [-0.3, -0.25) is 4.79 Å². The van der Waals surface area contributed by atoms with Crippen LogP contribution in [0, 0.1) is 5.82 Å². The van der Waals surface area contributed by atoms with Gasteiger partial charge in [-0.05, 0) is 55.3 Å². The van der Waals surface area contributed by atoms with Crippen molar-refractivity contribution < 1.29 is 18.7 Å². The van der Waals surface area contributed by atoms with Crippen LogP contribution < -0.4 is 9.47 Å². The lowest BCUT2D eigenvalue weighted by atomic mass is 10.0. The van der Waals surface area contributed by atoms with E-state index in [0.717, 1.165) is 35.5 Å². The summed E-state index contributed by atoms with van der Waals surface area (Å²) >= 11 is 1.38. The number of ether oxygens (including phenoxy) is 2. The van der Waals surface area contributed by atoms with E-state index in [1.807, 2.05) is 23.1 Å². The third kappa shape index (κ3) is 3.82. The molecule has 1 aliphatic rings. The number of halogens is 1. The number of carbonyl (C=O) groups is 1. The standard InChI is InChI=1S/C22H21FN2O3S/c1-27-16-9-10-20(28-2)17(12-16)19-4-3-11-25(19)22(26)18-13-29-21(24-18)14-5-7-15(23)8-6-14/h5-10,12-13,19H,3-4,11H2,1-2H3. The number of likely N-dealkylation sites (tertiary alicyclic amines) is 1. The van der Waals surface area contributed by atoms with Crippen LogP contribution in [0.5, 0.6) is 11.5 Å². The van der Waals surface area contributed by atoms with Crippen LogP contribution >= 0.6 is 11.3 Å². The lowest BCUT2D eigenvalue weighted by Crippen LogP contribution is -2.31. The van der Waals surface area contributed by atoms with E-state index in [-0.39, 0.29) is 17.8 Å². The molecule has 1 unspecified atom stereocenters. The van der Waals surface area contributed by atoms with Gasteiger partial charge in [0.25, 0.3) is 5.91 Å². The van der Waals surface area contributed by atoms with Gasteiger partial charge in [0.2, 0.25) is 0 Å². The number of nitrogens with zero attached hydrogens (tertiary/aromatic N) is 2. The molecule has 0 bridgehead atoms. The van der Waals surface area contributed by atoms with Crippen molar-refractivity contribution in [2.45, 2.75) is 18.9 Å². The van der Waals surface area contributed by atoms with Crippen LogP contribution in [0.15, 0.2) is 47.8 Å². The van der Waals surface area contributed by atoms with Gasteiger partial charge in [-0.1, -0.05) is 0 Å². The topological polar surface area (TPSA) is 51.7 Å². The molecule has 7 heteroatoms. The maximum atomic E-state index is 13.2.